The molecule has 160 valence electrons. The minimum atomic E-state index is -0.580. The Kier molecular flexibility index (Phi) is 6.68. The highest BCUT2D eigenvalue weighted by atomic mass is 16.6. The number of aromatic hydroxyl groups is 1. The van der Waals surface area contributed by atoms with E-state index in [9.17, 15) is 9.90 Å². The monoisotopic (exact) mass is 420 g/mol. The van der Waals surface area contributed by atoms with Crippen LogP contribution in [0.15, 0.2) is 70.0 Å². The van der Waals surface area contributed by atoms with Crippen molar-refractivity contribution in [2.24, 2.45) is 15.4 Å². The second kappa shape index (κ2) is 9.99. The molecule has 0 radical (unpaired) electrons. The summed E-state index contributed by atoms with van der Waals surface area (Å²) in [6.45, 7) is 2.50. The number of carbonyl (C=O) groups is 1. The molecular weight excluding hydrogens is 394 g/mol. The fraction of sp³-hybridized carbons (Fsp3) is 0.304. The zero-order valence-electron chi connectivity index (χ0n) is 17.3. The molecule has 0 aliphatic carbocycles. The Balaban J connectivity index is 1.44. The summed E-state index contributed by atoms with van der Waals surface area (Å²) in [5.74, 6) is -0.554. The van der Waals surface area contributed by atoms with E-state index in [0.717, 1.165) is 29.6 Å². The van der Waals surface area contributed by atoms with Gasteiger partial charge in [-0.3, -0.25) is 9.36 Å². The van der Waals surface area contributed by atoms with Crippen LogP contribution < -0.4 is 4.90 Å². The van der Waals surface area contributed by atoms with E-state index in [1.165, 1.54) is 30.4 Å². The molecule has 8 nitrogen and oxygen atoms in total. The third-order valence-electron chi connectivity index (χ3n) is 5.39. The third-order valence-corrected chi connectivity index (χ3v) is 5.39. The summed E-state index contributed by atoms with van der Waals surface area (Å²) >= 11 is 0. The molecule has 1 amide bonds. The number of oxime groups is 1. The zero-order chi connectivity index (χ0) is 21.5. The van der Waals surface area contributed by atoms with Gasteiger partial charge in [-0.1, -0.05) is 53.7 Å². The van der Waals surface area contributed by atoms with E-state index in [2.05, 4.69) is 15.4 Å². The number of hydrogen-bond acceptors (Lipinski definition) is 5. The van der Waals surface area contributed by atoms with Crippen LogP contribution in [0.4, 0.5) is 5.69 Å². The number of nitrogens with zero attached hydrogens (tertiary/aromatic N) is 4. The average Bonchev–Trinajstić information content (AvgIpc) is 3.07. The zero-order valence-corrected chi connectivity index (χ0v) is 17.3. The maximum Gasteiger partial charge on any atom is 0.304 e. The van der Waals surface area contributed by atoms with Crippen LogP contribution in [0.3, 0.4) is 0 Å². The molecule has 1 saturated heterocycles. The van der Waals surface area contributed by atoms with E-state index in [-0.39, 0.29) is 12.5 Å². The summed E-state index contributed by atoms with van der Waals surface area (Å²) in [6, 6.07) is 17.0. The molecule has 0 bridgehead atoms. The van der Waals surface area contributed by atoms with E-state index in [1.807, 2.05) is 59.2 Å². The maximum atomic E-state index is 12.0. The third kappa shape index (κ3) is 5.16. The smallest absolute Gasteiger partial charge is 0.304 e. The van der Waals surface area contributed by atoms with Gasteiger partial charge in [0.2, 0.25) is 5.88 Å². The Morgan fingerprint density at radius 3 is 2.61 bits per heavy atom. The van der Waals surface area contributed by atoms with Crippen LogP contribution in [-0.2, 0) is 16.3 Å². The minimum Gasteiger partial charge on any atom is -0.493 e. The van der Waals surface area contributed by atoms with Crippen LogP contribution in [0.1, 0.15) is 24.8 Å². The van der Waals surface area contributed by atoms with Crippen molar-refractivity contribution < 1.29 is 19.6 Å². The largest absolute Gasteiger partial charge is 0.493 e. The van der Waals surface area contributed by atoms with Crippen molar-refractivity contribution >= 4 is 28.7 Å². The number of quaternary nitrogens is 1. The van der Waals surface area contributed by atoms with E-state index < -0.39 is 5.91 Å². The number of hydrogen-bond donors (Lipinski definition) is 2. The van der Waals surface area contributed by atoms with Gasteiger partial charge in [-0.05, 0) is 30.9 Å². The summed E-state index contributed by atoms with van der Waals surface area (Å²) < 4.78 is 1.86. The number of rotatable bonds is 7. The molecule has 1 aromatic heterocycles. The van der Waals surface area contributed by atoms with Gasteiger partial charge in [0.1, 0.15) is 0 Å². The molecule has 0 spiro atoms. The van der Waals surface area contributed by atoms with E-state index in [1.54, 1.807) is 0 Å². The molecule has 1 fully saturated rings. The molecule has 0 saturated carbocycles. The van der Waals surface area contributed by atoms with E-state index in [4.69, 9.17) is 4.84 Å². The highest BCUT2D eigenvalue weighted by Gasteiger charge is 2.21. The average molecular weight is 420 g/mol. The van der Waals surface area contributed by atoms with Gasteiger partial charge in [-0.25, -0.2) is 0 Å². The molecule has 4 rings (SSSR count). The Hall–Kier alpha value is -3.52. The minimum absolute atomic E-state index is 0.0267. The van der Waals surface area contributed by atoms with Gasteiger partial charge in [-0.2, -0.15) is 0 Å². The van der Waals surface area contributed by atoms with Gasteiger partial charge in [0.15, 0.2) is 19.0 Å². The number of para-hydroxylation sites is 1. The van der Waals surface area contributed by atoms with Crippen LogP contribution in [0.5, 0.6) is 5.88 Å². The summed E-state index contributed by atoms with van der Waals surface area (Å²) in [5, 5.41) is 23.1. The molecule has 2 aromatic carbocycles. The van der Waals surface area contributed by atoms with Gasteiger partial charge in [0, 0.05) is 5.39 Å². The molecule has 1 aliphatic rings. The number of fused-ring (bicyclic) bond motifs is 1. The van der Waals surface area contributed by atoms with Gasteiger partial charge in [0.05, 0.1) is 24.8 Å². The van der Waals surface area contributed by atoms with Crippen LogP contribution in [-0.4, -0.2) is 41.5 Å². The molecule has 3 aromatic rings. The van der Waals surface area contributed by atoms with E-state index in [0.29, 0.717) is 12.4 Å². The number of nitrogens with one attached hydrogen (secondary N) is 1. The van der Waals surface area contributed by atoms with Crippen molar-refractivity contribution in [3.63, 3.8) is 0 Å². The SMILES string of the molecule is O=C(CO/N=C\c1ccccc1)N=Nc1c(O)n(C[NH+]2CCCCC2)c2ccccc12. The van der Waals surface area contributed by atoms with Crippen molar-refractivity contribution in [2.45, 2.75) is 25.9 Å². The first-order chi connectivity index (χ1) is 15.2. The number of likely N-dealkylation sites (tertiary alicyclic amines) is 1. The van der Waals surface area contributed by atoms with Crippen molar-refractivity contribution in [3.05, 3.63) is 60.2 Å². The number of aromatic nitrogens is 1. The van der Waals surface area contributed by atoms with Gasteiger partial charge in [-0.15, -0.1) is 10.2 Å². The lowest BCUT2D eigenvalue weighted by atomic mass is 10.1. The number of azo groups is 1. The van der Waals surface area contributed by atoms with E-state index >= 15 is 0 Å². The van der Waals surface area contributed by atoms with Gasteiger partial charge in [0.25, 0.3) is 0 Å². The van der Waals surface area contributed by atoms with Gasteiger partial charge < -0.3 is 14.8 Å². The Labute approximate surface area is 180 Å². The lowest BCUT2D eigenvalue weighted by molar-refractivity contribution is -0.927. The Morgan fingerprint density at radius 2 is 1.81 bits per heavy atom. The molecule has 8 heteroatoms. The Bertz CT molecular complexity index is 1090. The molecule has 0 atom stereocenters. The van der Waals surface area contributed by atoms with Crippen LogP contribution in [0.2, 0.25) is 0 Å². The van der Waals surface area contributed by atoms with Crippen molar-refractivity contribution in [1.29, 1.82) is 0 Å². The van der Waals surface area contributed by atoms with Crippen LogP contribution in [0.25, 0.3) is 10.9 Å². The summed E-state index contributed by atoms with van der Waals surface area (Å²) in [7, 11) is 0. The second-order valence-electron chi connectivity index (χ2n) is 7.60. The number of benzene rings is 2. The summed E-state index contributed by atoms with van der Waals surface area (Å²) in [4.78, 5) is 18.5. The molecule has 0 unspecified atom stereocenters. The first kappa shape index (κ1) is 20.7. The number of amides is 1. The topological polar surface area (TPSA) is 93.0 Å². The molecule has 2 heterocycles. The van der Waals surface area contributed by atoms with Crippen LogP contribution in [0, 0.1) is 0 Å². The Morgan fingerprint density at radius 1 is 1.06 bits per heavy atom. The lowest BCUT2D eigenvalue weighted by Gasteiger charge is -2.24. The van der Waals surface area contributed by atoms with Crippen molar-refractivity contribution in [1.82, 2.24) is 4.57 Å². The van der Waals surface area contributed by atoms with Crippen LogP contribution >= 0.6 is 0 Å². The first-order valence-corrected chi connectivity index (χ1v) is 10.5. The fourth-order valence-corrected chi connectivity index (χ4v) is 3.83. The summed E-state index contributed by atoms with van der Waals surface area (Å²) in [5.41, 5.74) is 2.04. The normalized spacial score (nSPS) is 15.2. The standard InChI is InChI=1S/C23H25N5O3/c29-21(16-31-24-15-18-9-3-1-4-10-18)25-26-22-19-11-5-6-12-20(19)28(23(22)30)17-27-13-7-2-8-14-27/h1,3-6,9-12,15,30H,2,7-8,13-14,16-17H2/p+1/b24-15-,26-25?. The predicted octanol–water partition coefficient (Wildman–Crippen LogP) is 3.03. The molecule has 1 aliphatic heterocycles. The molecule has 31 heavy (non-hydrogen) atoms. The number of carbonyl (C=O) groups excluding carboxylic acids is 1. The molecular formula is C23H26N5O3+. The lowest BCUT2D eigenvalue weighted by Crippen LogP contribution is -3.12. The first-order valence-electron chi connectivity index (χ1n) is 10.5. The second-order valence-corrected chi connectivity index (χ2v) is 7.60. The van der Waals surface area contributed by atoms with Gasteiger partial charge >= 0.3 is 5.91 Å². The highest BCUT2D eigenvalue weighted by Crippen LogP contribution is 2.38. The van der Waals surface area contributed by atoms with Crippen molar-refractivity contribution in [3.8, 4) is 5.88 Å². The van der Waals surface area contributed by atoms with Crippen molar-refractivity contribution in [2.75, 3.05) is 19.7 Å². The predicted molar refractivity (Wildman–Crippen MR) is 118 cm³/mol. The fourth-order valence-electron chi connectivity index (χ4n) is 3.83. The summed E-state index contributed by atoms with van der Waals surface area (Å²) in [6.07, 6.45) is 5.18. The quantitative estimate of drug-likeness (QED) is 0.350. The highest BCUT2D eigenvalue weighted by molar-refractivity contribution is 5.95. The number of piperidine rings is 1. The molecule has 2 N–H and O–H groups in total. The maximum absolute atomic E-state index is 12.0.